The number of fused-ring (bicyclic) bond motifs is 5. The zero-order chi connectivity index (χ0) is 38.4. The van der Waals surface area contributed by atoms with Crippen LogP contribution in [-0.4, -0.2) is 3.42 Å². The minimum atomic E-state index is -0.122. The Morgan fingerprint density at radius 2 is 1.16 bits per heavy atom. The molecule has 4 aliphatic carbocycles. The highest BCUT2D eigenvalue weighted by Crippen LogP contribution is 2.68. The van der Waals surface area contributed by atoms with Crippen LogP contribution in [0.4, 0.5) is 11.4 Å². The van der Waals surface area contributed by atoms with E-state index in [2.05, 4.69) is 111 Å². The fraction of sp³-hybridized carbons (Fsp3) is 0.480. The fourth-order valence-corrected chi connectivity index (χ4v) is 13.4. The van der Waals surface area contributed by atoms with Gasteiger partial charge < -0.3 is 20.9 Å². The first-order chi connectivity index (χ1) is 26.5. The van der Waals surface area contributed by atoms with Crippen LogP contribution in [0, 0.1) is 46.8 Å². The van der Waals surface area contributed by atoms with Crippen molar-refractivity contribution in [3.63, 3.8) is 0 Å². The van der Waals surface area contributed by atoms with Crippen molar-refractivity contribution in [2.45, 2.75) is 101 Å². The van der Waals surface area contributed by atoms with Crippen molar-refractivity contribution in [2.75, 3.05) is 11.5 Å². The van der Waals surface area contributed by atoms with Crippen molar-refractivity contribution in [3.8, 4) is 23.0 Å². The van der Waals surface area contributed by atoms with Crippen LogP contribution in [0.1, 0.15) is 103 Å². The van der Waals surface area contributed by atoms with Gasteiger partial charge in [0, 0.05) is 20.2 Å². The summed E-state index contributed by atoms with van der Waals surface area (Å²) in [5.41, 5.74) is 16.4. The molecule has 0 saturated heterocycles. The molecular formula is C50H61IN2O2. The van der Waals surface area contributed by atoms with Crippen LogP contribution in [-0.2, 0) is 5.41 Å². The summed E-state index contributed by atoms with van der Waals surface area (Å²) in [5, 5.41) is 0. The number of hydrogen-bond acceptors (Lipinski definition) is 4. The number of hydrogen-bond donors (Lipinski definition) is 2. The molecule has 0 spiro atoms. The van der Waals surface area contributed by atoms with E-state index < -0.39 is 0 Å². The second-order valence-electron chi connectivity index (χ2n) is 18.4. The molecule has 3 saturated carbocycles. The Bertz CT molecular complexity index is 1850. The number of allylic oxidation sites excluding steroid dienone is 2. The largest absolute Gasteiger partial charge is 0.457 e. The summed E-state index contributed by atoms with van der Waals surface area (Å²) < 4.78 is 12.8. The van der Waals surface area contributed by atoms with E-state index in [0.29, 0.717) is 17.3 Å². The molecule has 55 heavy (non-hydrogen) atoms. The van der Waals surface area contributed by atoms with Crippen LogP contribution >= 0.6 is 22.6 Å². The first-order valence-electron chi connectivity index (χ1n) is 21.1. The highest BCUT2D eigenvalue weighted by molar-refractivity contribution is 14.1. The number of alkyl halides is 1. The molecule has 3 fully saturated rings. The van der Waals surface area contributed by atoms with E-state index >= 15 is 0 Å². The first kappa shape index (κ1) is 38.4. The van der Waals surface area contributed by atoms with Crippen molar-refractivity contribution < 1.29 is 9.47 Å². The average molecular weight is 849 g/mol. The van der Waals surface area contributed by atoms with E-state index in [-0.39, 0.29) is 8.84 Å². The van der Waals surface area contributed by atoms with E-state index in [0.717, 1.165) is 76.8 Å². The predicted molar refractivity (Wildman–Crippen MR) is 237 cm³/mol. The van der Waals surface area contributed by atoms with E-state index in [1.165, 1.54) is 62.5 Å². The van der Waals surface area contributed by atoms with E-state index in [4.69, 9.17) is 20.9 Å². The van der Waals surface area contributed by atoms with Crippen molar-refractivity contribution >= 4 is 34.0 Å². The summed E-state index contributed by atoms with van der Waals surface area (Å²) in [5.74, 6) is 8.57. The fourth-order valence-electron chi connectivity index (χ4n) is 12.0. The zero-order valence-corrected chi connectivity index (χ0v) is 35.5. The van der Waals surface area contributed by atoms with Crippen LogP contribution in [0.15, 0.2) is 109 Å². The summed E-state index contributed by atoms with van der Waals surface area (Å²) in [7, 11) is 0. The van der Waals surface area contributed by atoms with Gasteiger partial charge >= 0.3 is 0 Å². The molecule has 5 heteroatoms. The highest BCUT2D eigenvalue weighted by atomic mass is 127. The molecule has 0 amide bonds. The lowest BCUT2D eigenvalue weighted by Gasteiger charge is -2.60. The van der Waals surface area contributed by atoms with E-state index in [9.17, 15) is 0 Å². The topological polar surface area (TPSA) is 70.5 Å². The zero-order valence-electron chi connectivity index (χ0n) is 33.4. The Morgan fingerprint density at radius 3 is 1.69 bits per heavy atom. The molecule has 4 aromatic rings. The summed E-state index contributed by atoms with van der Waals surface area (Å²) in [6.45, 7) is 10.0. The second kappa shape index (κ2) is 15.5. The number of nitrogen functional groups attached to an aromatic ring is 2. The lowest BCUT2D eigenvalue weighted by Crippen LogP contribution is -2.56. The van der Waals surface area contributed by atoms with Crippen LogP contribution in [0.25, 0.3) is 0 Å². The van der Waals surface area contributed by atoms with Crippen molar-refractivity contribution in [1.29, 1.82) is 0 Å². The summed E-state index contributed by atoms with van der Waals surface area (Å²) >= 11 is 2.99. The number of nitrogens with two attached hydrogens (primary N) is 2. The molecule has 4 aliphatic rings. The molecule has 290 valence electrons. The molecule has 0 aliphatic heterocycles. The van der Waals surface area contributed by atoms with Gasteiger partial charge in [0.15, 0.2) is 0 Å². The molecule has 8 rings (SSSR count). The molecular weight excluding hydrogens is 787 g/mol. The van der Waals surface area contributed by atoms with Crippen molar-refractivity contribution in [2.24, 2.45) is 46.8 Å². The quantitative estimate of drug-likeness (QED) is 0.0683. The number of halogens is 1. The molecule has 0 heterocycles. The third-order valence-corrected chi connectivity index (χ3v) is 17.0. The minimum absolute atomic E-state index is 0.122. The van der Waals surface area contributed by atoms with Crippen LogP contribution < -0.4 is 20.9 Å². The van der Waals surface area contributed by atoms with Crippen LogP contribution in [0.3, 0.4) is 0 Å². The Labute approximate surface area is 344 Å². The summed E-state index contributed by atoms with van der Waals surface area (Å²) in [6.07, 6.45) is 18.7. The normalized spacial score (nSPS) is 29.9. The van der Waals surface area contributed by atoms with Gasteiger partial charge in [0.1, 0.15) is 23.0 Å². The highest BCUT2D eigenvalue weighted by Gasteiger charge is 2.61. The smallest absolute Gasteiger partial charge is 0.127 e. The Balaban J connectivity index is 1.07. The SMILES string of the molecule is CC(C)CCCC(C)C1CCC2C3C=CC4CC(c5ccc(Oc6ccc(N)cc6)cc5)(c5ccc(Oc6ccc(N)cc6)cc5)CCC4(I)C3CCC12C. The lowest BCUT2D eigenvalue weighted by atomic mass is 9.48. The molecule has 8 unspecified atom stereocenters. The number of ether oxygens (including phenoxy) is 2. The van der Waals surface area contributed by atoms with Gasteiger partial charge in [0.2, 0.25) is 0 Å². The minimum Gasteiger partial charge on any atom is -0.457 e. The maximum Gasteiger partial charge on any atom is 0.127 e. The molecule has 4 nitrogen and oxygen atoms in total. The van der Waals surface area contributed by atoms with Gasteiger partial charge in [-0.15, -0.1) is 0 Å². The van der Waals surface area contributed by atoms with Crippen LogP contribution in [0.5, 0.6) is 23.0 Å². The van der Waals surface area contributed by atoms with E-state index in [1.54, 1.807) is 0 Å². The van der Waals surface area contributed by atoms with Gasteiger partial charge in [0.05, 0.1) is 0 Å². The first-order valence-corrected chi connectivity index (χ1v) is 22.2. The van der Waals surface area contributed by atoms with Gasteiger partial charge in [-0.25, -0.2) is 0 Å². The summed E-state index contributed by atoms with van der Waals surface area (Å²) in [6, 6.07) is 33.1. The number of anilines is 2. The molecule has 8 atom stereocenters. The molecule has 4 N–H and O–H groups in total. The lowest BCUT2D eigenvalue weighted by molar-refractivity contribution is -0.0136. The predicted octanol–water partition coefficient (Wildman–Crippen LogP) is 13.8. The number of benzene rings is 4. The van der Waals surface area contributed by atoms with Crippen molar-refractivity contribution in [1.82, 2.24) is 0 Å². The third-order valence-electron chi connectivity index (χ3n) is 14.9. The molecule has 4 aromatic carbocycles. The van der Waals surface area contributed by atoms with E-state index in [1.807, 2.05) is 48.5 Å². The van der Waals surface area contributed by atoms with Gasteiger partial charge in [-0.1, -0.05) is 106 Å². The maximum atomic E-state index is 6.26. The Hall–Kier alpha value is -3.45. The van der Waals surface area contributed by atoms with Gasteiger partial charge in [-0.05, 0) is 176 Å². The average Bonchev–Trinajstić information content (AvgIpc) is 3.54. The molecule has 0 radical (unpaired) electrons. The Morgan fingerprint density at radius 1 is 0.636 bits per heavy atom. The Kier molecular flexibility index (Phi) is 10.8. The van der Waals surface area contributed by atoms with Gasteiger partial charge in [0.25, 0.3) is 0 Å². The molecule has 0 bridgehead atoms. The summed E-state index contributed by atoms with van der Waals surface area (Å²) in [4.78, 5) is 0. The van der Waals surface area contributed by atoms with Gasteiger partial charge in [-0.2, -0.15) is 0 Å². The monoisotopic (exact) mass is 848 g/mol. The van der Waals surface area contributed by atoms with Crippen molar-refractivity contribution in [3.05, 3.63) is 120 Å². The second-order valence-corrected chi connectivity index (χ2v) is 20.4. The van der Waals surface area contributed by atoms with Gasteiger partial charge in [-0.3, -0.25) is 0 Å². The molecule has 0 aromatic heterocycles. The number of rotatable bonds is 11. The standard InChI is InChI=1S/C50H61IN2O2/c1-33(2)6-5-7-34(3)45-26-27-46-44-25-12-37-32-49(30-31-50(37,51)47(44)28-29-48(45,46)4,35-8-17-40(18-9-35)54-42-21-13-38(52)14-22-42)36-10-19-41(20-11-36)55-43-23-15-39(53)16-24-43/h8-25,33-34,37,44-47H,5-7,26-32,52-53H2,1-4H3. The van der Waals surface area contributed by atoms with Crippen LogP contribution in [0.2, 0.25) is 0 Å². The third kappa shape index (κ3) is 7.44. The maximum absolute atomic E-state index is 6.26.